The zero-order valence-corrected chi connectivity index (χ0v) is 11.2. The number of allylic oxidation sites excluding steroid dienone is 1. The molecule has 0 amide bonds. The lowest BCUT2D eigenvalue weighted by molar-refractivity contribution is -0.203. The number of fused-ring (bicyclic) bond motifs is 2. The van der Waals surface area contributed by atoms with Gasteiger partial charge in [-0.2, -0.15) is 0 Å². The summed E-state index contributed by atoms with van der Waals surface area (Å²) in [5, 5.41) is 0. The molecule has 1 saturated carbocycles. The standard InChI is InChI=1S/C14H22O4/c1-3-12(16-4-2)17-10-18-13(15)14-7-5-11(9-14)6-8-14/h5,7,11-12H,3-4,6,8-10H2,1-2H3. The number of esters is 1. The van der Waals surface area contributed by atoms with Crippen LogP contribution in [0, 0.1) is 11.3 Å². The lowest BCUT2D eigenvalue weighted by atomic mass is 9.88. The summed E-state index contributed by atoms with van der Waals surface area (Å²) in [4.78, 5) is 12.1. The van der Waals surface area contributed by atoms with E-state index in [-0.39, 0.29) is 24.5 Å². The molecule has 2 aliphatic rings. The maximum Gasteiger partial charge on any atom is 0.318 e. The first-order chi connectivity index (χ1) is 8.70. The predicted molar refractivity (Wildman–Crippen MR) is 66.7 cm³/mol. The molecular formula is C14H22O4. The van der Waals surface area contributed by atoms with Gasteiger partial charge < -0.3 is 14.2 Å². The van der Waals surface area contributed by atoms with Crippen LogP contribution in [0.1, 0.15) is 39.5 Å². The summed E-state index contributed by atoms with van der Waals surface area (Å²) in [6, 6.07) is 0. The minimum atomic E-state index is -0.360. The van der Waals surface area contributed by atoms with Gasteiger partial charge in [0.2, 0.25) is 0 Å². The lowest BCUT2D eigenvalue weighted by Gasteiger charge is -2.22. The second-order valence-electron chi connectivity index (χ2n) is 5.03. The normalized spacial score (nSPS) is 30.7. The van der Waals surface area contributed by atoms with E-state index in [1.807, 2.05) is 19.9 Å². The Hall–Kier alpha value is -0.870. The molecule has 0 aliphatic heterocycles. The maximum absolute atomic E-state index is 12.1. The zero-order chi connectivity index (χ0) is 13.0. The Labute approximate surface area is 108 Å². The zero-order valence-electron chi connectivity index (χ0n) is 11.2. The van der Waals surface area contributed by atoms with Gasteiger partial charge in [-0.15, -0.1) is 0 Å². The summed E-state index contributed by atoms with van der Waals surface area (Å²) in [5.41, 5.74) is -0.360. The fraction of sp³-hybridized carbons (Fsp3) is 0.786. The molecule has 4 heteroatoms. The molecule has 3 atom stereocenters. The largest absolute Gasteiger partial charge is 0.438 e. The molecule has 0 heterocycles. The molecule has 2 bridgehead atoms. The van der Waals surface area contributed by atoms with E-state index >= 15 is 0 Å². The second kappa shape index (κ2) is 5.85. The molecule has 2 rings (SSSR count). The first-order valence-electron chi connectivity index (χ1n) is 6.80. The summed E-state index contributed by atoms with van der Waals surface area (Å²) >= 11 is 0. The molecule has 3 unspecified atom stereocenters. The van der Waals surface area contributed by atoms with Gasteiger partial charge in [-0.25, -0.2) is 0 Å². The number of hydrogen-bond acceptors (Lipinski definition) is 4. The fourth-order valence-electron chi connectivity index (χ4n) is 2.78. The Morgan fingerprint density at radius 2 is 2.28 bits per heavy atom. The summed E-state index contributed by atoms with van der Waals surface area (Å²) in [6.45, 7) is 4.47. The molecule has 1 fully saturated rings. The number of carbonyl (C=O) groups is 1. The van der Waals surface area contributed by atoms with Crippen LogP contribution < -0.4 is 0 Å². The highest BCUT2D eigenvalue weighted by Gasteiger charge is 2.47. The molecule has 102 valence electrons. The molecule has 0 aromatic heterocycles. The first-order valence-corrected chi connectivity index (χ1v) is 6.80. The molecule has 2 aliphatic carbocycles. The third kappa shape index (κ3) is 2.75. The van der Waals surface area contributed by atoms with Crippen molar-refractivity contribution < 1.29 is 19.0 Å². The van der Waals surface area contributed by atoms with E-state index in [1.165, 1.54) is 0 Å². The molecule has 18 heavy (non-hydrogen) atoms. The highest BCUT2D eigenvalue weighted by atomic mass is 16.8. The topological polar surface area (TPSA) is 44.8 Å². The SMILES string of the molecule is CCOC(CC)OCOC(=O)C12C=CC(CC1)C2. The van der Waals surface area contributed by atoms with Gasteiger partial charge in [0.25, 0.3) is 0 Å². The van der Waals surface area contributed by atoms with Crippen LogP contribution >= 0.6 is 0 Å². The van der Waals surface area contributed by atoms with Gasteiger partial charge in [-0.05, 0) is 38.5 Å². The van der Waals surface area contributed by atoms with Gasteiger partial charge in [0, 0.05) is 6.61 Å². The Kier molecular flexibility index (Phi) is 4.40. The van der Waals surface area contributed by atoms with Crippen molar-refractivity contribution in [3.05, 3.63) is 12.2 Å². The average Bonchev–Trinajstić information content (AvgIpc) is 2.99. The molecule has 0 radical (unpaired) electrons. The van der Waals surface area contributed by atoms with Crippen molar-refractivity contribution in [3.63, 3.8) is 0 Å². The third-order valence-corrected chi connectivity index (χ3v) is 3.81. The van der Waals surface area contributed by atoms with E-state index in [1.54, 1.807) is 0 Å². The summed E-state index contributed by atoms with van der Waals surface area (Å²) in [7, 11) is 0. The first kappa shape index (κ1) is 13.6. The van der Waals surface area contributed by atoms with E-state index in [4.69, 9.17) is 14.2 Å². The summed E-state index contributed by atoms with van der Waals surface area (Å²) in [5.74, 6) is 0.426. The maximum atomic E-state index is 12.1. The average molecular weight is 254 g/mol. The highest BCUT2D eigenvalue weighted by molar-refractivity contribution is 5.80. The smallest absolute Gasteiger partial charge is 0.318 e. The van der Waals surface area contributed by atoms with E-state index in [0.29, 0.717) is 12.5 Å². The number of ether oxygens (including phenoxy) is 3. The van der Waals surface area contributed by atoms with Gasteiger partial charge >= 0.3 is 5.97 Å². The number of rotatable bonds is 7. The third-order valence-electron chi connectivity index (χ3n) is 3.81. The number of carbonyl (C=O) groups excluding carboxylic acids is 1. The molecule has 4 nitrogen and oxygen atoms in total. The Bertz CT molecular complexity index is 326. The highest BCUT2D eigenvalue weighted by Crippen LogP contribution is 2.49. The van der Waals surface area contributed by atoms with Crippen molar-refractivity contribution in [3.8, 4) is 0 Å². The summed E-state index contributed by atoms with van der Waals surface area (Å²) < 4.78 is 15.9. The molecule has 0 N–H and O–H groups in total. The quantitative estimate of drug-likeness (QED) is 0.398. The van der Waals surface area contributed by atoms with E-state index in [0.717, 1.165) is 25.7 Å². The predicted octanol–water partition coefficient (Wildman–Crippen LogP) is 2.63. The van der Waals surface area contributed by atoms with Crippen LogP contribution in [0.15, 0.2) is 12.2 Å². The van der Waals surface area contributed by atoms with Crippen LogP contribution in [-0.2, 0) is 19.0 Å². The second-order valence-corrected chi connectivity index (χ2v) is 5.03. The van der Waals surface area contributed by atoms with Crippen molar-refractivity contribution in [1.82, 2.24) is 0 Å². The van der Waals surface area contributed by atoms with Gasteiger partial charge in [0.1, 0.15) is 0 Å². The van der Waals surface area contributed by atoms with E-state index in [2.05, 4.69) is 6.08 Å². The molecule has 0 saturated heterocycles. The van der Waals surface area contributed by atoms with Crippen molar-refractivity contribution in [2.24, 2.45) is 11.3 Å². The van der Waals surface area contributed by atoms with Crippen molar-refractivity contribution >= 4 is 5.97 Å². The van der Waals surface area contributed by atoms with Crippen molar-refractivity contribution in [1.29, 1.82) is 0 Å². The van der Waals surface area contributed by atoms with E-state index in [9.17, 15) is 4.79 Å². The molecule has 0 aromatic carbocycles. The molecular weight excluding hydrogens is 232 g/mol. The van der Waals surface area contributed by atoms with Gasteiger partial charge in [0.15, 0.2) is 13.1 Å². The minimum absolute atomic E-state index is 0.0163. The molecule has 0 aromatic rings. The number of hydrogen-bond donors (Lipinski definition) is 0. The molecule has 0 spiro atoms. The minimum Gasteiger partial charge on any atom is -0.438 e. The van der Waals surface area contributed by atoms with Gasteiger partial charge in [-0.3, -0.25) is 4.79 Å². The Morgan fingerprint density at radius 1 is 1.44 bits per heavy atom. The Morgan fingerprint density at radius 3 is 2.78 bits per heavy atom. The van der Waals surface area contributed by atoms with Gasteiger partial charge in [-0.1, -0.05) is 19.1 Å². The van der Waals surface area contributed by atoms with Crippen LogP contribution in [0.3, 0.4) is 0 Å². The van der Waals surface area contributed by atoms with Crippen LogP contribution in [0.2, 0.25) is 0 Å². The fourth-order valence-corrected chi connectivity index (χ4v) is 2.78. The summed E-state index contributed by atoms with van der Waals surface area (Å²) in [6.07, 6.45) is 7.55. The van der Waals surface area contributed by atoms with Crippen LogP contribution in [0.5, 0.6) is 0 Å². The van der Waals surface area contributed by atoms with Crippen molar-refractivity contribution in [2.45, 2.75) is 45.8 Å². The van der Waals surface area contributed by atoms with Crippen LogP contribution in [0.4, 0.5) is 0 Å². The van der Waals surface area contributed by atoms with Crippen LogP contribution in [0.25, 0.3) is 0 Å². The van der Waals surface area contributed by atoms with E-state index < -0.39 is 0 Å². The Balaban J connectivity index is 1.74. The van der Waals surface area contributed by atoms with Gasteiger partial charge in [0.05, 0.1) is 5.41 Å². The lowest BCUT2D eigenvalue weighted by Crippen LogP contribution is -2.29. The van der Waals surface area contributed by atoms with Crippen LogP contribution in [-0.4, -0.2) is 25.7 Å². The monoisotopic (exact) mass is 254 g/mol. The van der Waals surface area contributed by atoms with Crippen molar-refractivity contribution in [2.75, 3.05) is 13.4 Å².